The molecule has 1 heterocycles. The third-order valence-corrected chi connectivity index (χ3v) is 4.12. The summed E-state index contributed by atoms with van der Waals surface area (Å²) in [6.45, 7) is 6.30. The zero-order valence-corrected chi connectivity index (χ0v) is 12.9. The average molecular weight is 277 g/mol. The summed E-state index contributed by atoms with van der Waals surface area (Å²) in [5.41, 5.74) is 7.60. The predicted octanol–water partition coefficient (Wildman–Crippen LogP) is 4.13. The Morgan fingerprint density at radius 2 is 1.62 bits per heavy atom. The van der Waals surface area contributed by atoms with Gasteiger partial charge in [0.2, 0.25) is 0 Å². The smallest absolute Gasteiger partial charge is 0.258 e. The van der Waals surface area contributed by atoms with Gasteiger partial charge in [0.1, 0.15) is 0 Å². The van der Waals surface area contributed by atoms with Crippen molar-refractivity contribution in [2.24, 2.45) is 0 Å². The first kappa shape index (κ1) is 13.6. The molecule has 0 fully saturated rings. The van der Waals surface area contributed by atoms with E-state index in [2.05, 4.69) is 32.9 Å². The maximum absolute atomic E-state index is 12.5. The van der Waals surface area contributed by atoms with E-state index in [1.165, 1.54) is 16.7 Å². The molecule has 2 nitrogen and oxygen atoms in total. The Kier molecular flexibility index (Phi) is 3.17. The van der Waals surface area contributed by atoms with Gasteiger partial charge in [-0.25, -0.2) is 0 Å². The first-order valence-corrected chi connectivity index (χ1v) is 7.16. The Hall–Kier alpha value is -2.35. The van der Waals surface area contributed by atoms with Crippen molar-refractivity contribution < 1.29 is 4.79 Å². The number of nitrogens with zero attached hydrogens (tertiary/aromatic N) is 1. The molecule has 2 aromatic rings. The molecule has 0 spiro atoms. The van der Waals surface area contributed by atoms with Crippen LogP contribution in [0.5, 0.6) is 0 Å². The van der Waals surface area contributed by atoms with E-state index in [9.17, 15) is 4.79 Å². The van der Waals surface area contributed by atoms with Crippen molar-refractivity contribution in [2.45, 2.75) is 20.8 Å². The number of carbonyl (C=O) groups excluding carboxylic acids is 1. The van der Waals surface area contributed by atoms with E-state index in [0.29, 0.717) is 0 Å². The first-order valence-electron chi connectivity index (χ1n) is 7.16. The quantitative estimate of drug-likeness (QED) is 0.718. The topological polar surface area (TPSA) is 20.3 Å². The van der Waals surface area contributed by atoms with Crippen LogP contribution in [-0.2, 0) is 4.79 Å². The molecule has 2 aromatic carbocycles. The Bertz CT molecular complexity index is 748. The Labute approximate surface area is 125 Å². The molecule has 0 saturated carbocycles. The van der Waals surface area contributed by atoms with Crippen LogP contribution in [-0.4, -0.2) is 13.0 Å². The van der Waals surface area contributed by atoms with Crippen molar-refractivity contribution in [3.63, 3.8) is 0 Å². The standard InChI is InChI=1S/C19H19NO/c1-12-9-13(2)16(14(3)10-12)11-17-15-7-5-6-8-18(15)20(4)19(17)21/h5-11H,1-4H3/b17-11+. The molecule has 1 aliphatic rings. The van der Waals surface area contributed by atoms with E-state index in [1.54, 1.807) is 4.90 Å². The zero-order valence-electron chi connectivity index (χ0n) is 12.9. The Morgan fingerprint density at radius 1 is 1.00 bits per heavy atom. The second-order valence-corrected chi connectivity index (χ2v) is 5.75. The van der Waals surface area contributed by atoms with Crippen LogP contribution in [0, 0.1) is 20.8 Å². The molecule has 0 radical (unpaired) electrons. The maximum atomic E-state index is 12.5. The summed E-state index contributed by atoms with van der Waals surface area (Å²) in [7, 11) is 1.83. The maximum Gasteiger partial charge on any atom is 0.258 e. The van der Waals surface area contributed by atoms with Crippen LogP contribution >= 0.6 is 0 Å². The lowest BCUT2D eigenvalue weighted by atomic mass is 9.96. The van der Waals surface area contributed by atoms with Crippen LogP contribution < -0.4 is 4.90 Å². The van der Waals surface area contributed by atoms with Gasteiger partial charge in [0.15, 0.2) is 0 Å². The molecule has 2 heteroatoms. The van der Waals surface area contributed by atoms with Crippen molar-refractivity contribution in [1.82, 2.24) is 0 Å². The number of hydrogen-bond acceptors (Lipinski definition) is 1. The summed E-state index contributed by atoms with van der Waals surface area (Å²) >= 11 is 0. The number of hydrogen-bond donors (Lipinski definition) is 0. The number of benzene rings is 2. The van der Waals surface area contributed by atoms with Gasteiger partial charge in [0.05, 0.1) is 5.69 Å². The SMILES string of the molecule is Cc1cc(C)c(/C=C2/C(=O)N(C)c3ccccc32)c(C)c1. The molecule has 1 aliphatic heterocycles. The highest BCUT2D eigenvalue weighted by atomic mass is 16.2. The molecule has 0 unspecified atom stereocenters. The lowest BCUT2D eigenvalue weighted by molar-refractivity contribution is -0.112. The van der Waals surface area contributed by atoms with Gasteiger partial charge >= 0.3 is 0 Å². The monoisotopic (exact) mass is 277 g/mol. The van der Waals surface area contributed by atoms with Crippen LogP contribution in [0.1, 0.15) is 27.8 Å². The van der Waals surface area contributed by atoms with E-state index in [0.717, 1.165) is 22.4 Å². The van der Waals surface area contributed by atoms with E-state index in [4.69, 9.17) is 0 Å². The number of fused-ring (bicyclic) bond motifs is 1. The molecule has 0 aromatic heterocycles. The average Bonchev–Trinajstić information content (AvgIpc) is 2.67. The van der Waals surface area contributed by atoms with Crippen molar-refractivity contribution in [1.29, 1.82) is 0 Å². The lowest BCUT2D eigenvalue weighted by Gasteiger charge is -2.09. The Balaban J connectivity index is 2.20. The number of carbonyl (C=O) groups is 1. The molecule has 0 atom stereocenters. The number of rotatable bonds is 1. The minimum Gasteiger partial charge on any atom is -0.311 e. The van der Waals surface area contributed by atoms with Crippen LogP contribution in [0.4, 0.5) is 5.69 Å². The van der Waals surface area contributed by atoms with Gasteiger partial charge < -0.3 is 4.90 Å². The van der Waals surface area contributed by atoms with Gasteiger partial charge in [0, 0.05) is 18.2 Å². The summed E-state index contributed by atoms with van der Waals surface area (Å²) < 4.78 is 0. The summed E-state index contributed by atoms with van der Waals surface area (Å²) in [6.07, 6.45) is 2.04. The van der Waals surface area contributed by atoms with Crippen LogP contribution in [0.15, 0.2) is 36.4 Å². The molecule has 106 valence electrons. The van der Waals surface area contributed by atoms with E-state index < -0.39 is 0 Å². The Morgan fingerprint density at radius 3 is 2.29 bits per heavy atom. The molecule has 3 rings (SSSR count). The zero-order chi connectivity index (χ0) is 15.1. The van der Waals surface area contributed by atoms with E-state index in [-0.39, 0.29) is 5.91 Å². The van der Waals surface area contributed by atoms with Gasteiger partial charge in [-0.3, -0.25) is 4.79 Å². The number of anilines is 1. The van der Waals surface area contributed by atoms with Gasteiger partial charge in [-0.15, -0.1) is 0 Å². The third kappa shape index (κ3) is 2.17. The molecular weight excluding hydrogens is 258 g/mol. The fraction of sp³-hybridized carbons (Fsp3) is 0.211. The predicted molar refractivity (Wildman–Crippen MR) is 88.4 cm³/mol. The largest absolute Gasteiger partial charge is 0.311 e. The minimum atomic E-state index is 0.0653. The molecule has 21 heavy (non-hydrogen) atoms. The highest BCUT2D eigenvalue weighted by molar-refractivity contribution is 6.35. The minimum absolute atomic E-state index is 0.0653. The second-order valence-electron chi connectivity index (χ2n) is 5.75. The first-order chi connectivity index (χ1) is 9.99. The summed E-state index contributed by atoms with van der Waals surface area (Å²) in [5.74, 6) is 0.0653. The summed E-state index contributed by atoms with van der Waals surface area (Å²) in [5, 5.41) is 0. The molecule has 0 bridgehead atoms. The van der Waals surface area contributed by atoms with Crippen LogP contribution in [0.25, 0.3) is 11.6 Å². The van der Waals surface area contributed by atoms with Gasteiger partial charge in [-0.2, -0.15) is 0 Å². The summed E-state index contributed by atoms with van der Waals surface area (Å²) in [6, 6.07) is 12.3. The van der Waals surface area contributed by atoms with Crippen molar-refractivity contribution in [3.8, 4) is 0 Å². The number of aryl methyl sites for hydroxylation is 3. The van der Waals surface area contributed by atoms with E-state index in [1.807, 2.05) is 37.4 Å². The van der Waals surface area contributed by atoms with Crippen LogP contribution in [0.3, 0.4) is 0 Å². The number of likely N-dealkylation sites (N-methyl/N-ethyl adjacent to an activating group) is 1. The fourth-order valence-electron chi connectivity index (χ4n) is 3.10. The highest BCUT2D eigenvalue weighted by Crippen LogP contribution is 2.37. The van der Waals surface area contributed by atoms with Crippen molar-refractivity contribution >= 4 is 23.2 Å². The molecule has 1 amide bonds. The molecular formula is C19H19NO. The highest BCUT2D eigenvalue weighted by Gasteiger charge is 2.29. The molecule has 0 N–H and O–H groups in total. The normalized spacial score (nSPS) is 15.7. The third-order valence-electron chi connectivity index (χ3n) is 4.12. The second kappa shape index (κ2) is 4.88. The molecule has 0 aliphatic carbocycles. The fourth-order valence-corrected chi connectivity index (χ4v) is 3.10. The van der Waals surface area contributed by atoms with Crippen molar-refractivity contribution in [2.75, 3.05) is 11.9 Å². The number of para-hydroxylation sites is 1. The van der Waals surface area contributed by atoms with Gasteiger partial charge in [-0.1, -0.05) is 35.9 Å². The van der Waals surface area contributed by atoms with E-state index >= 15 is 0 Å². The van der Waals surface area contributed by atoms with Gasteiger partial charge in [0.25, 0.3) is 5.91 Å². The summed E-state index contributed by atoms with van der Waals surface area (Å²) in [4.78, 5) is 14.2. The molecule has 0 saturated heterocycles. The number of amides is 1. The lowest BCUT2D eigenvalue weighted by Crippen LogP contribution is -2.20. The van der Waals surface area contributed by atoms with Crippen LogP contribution in [0.2, 0.25) is 0 Å². The van der Waals surface area contributed by atoms with Gasteiger partial charge in [-0.05, 0) is 49.6 Å². The van der Waals surface area contributed by atoms with Crippen molar-refractivity contribution in [3.05, 3.63) is 64.2 Å².